The lowest BCUT2D eigenvalue weighted by Crippen LogP contribution is -2.59. The highest BCUT2D eigenvalue weighted by Crippen LogP contribution is 2.67. The lowest BCUT2D eigenvalue weighted by atomic mass is 9.47. The summed E-state index contributed by atoms with van der Waals surface area (Å²) in [6.07, 6.45) is 9.41. The van der Waals surface area contributed by atoms with Gasteiger partial charge in [0.05, 0.1) is 5.56 Å². The molecule has 0 saturated heterocycles. The van der Waals surface area contributed by atoms with E-state index in [4.69, 9.17) is 4.74 Å². The molecule has 1 aromatic carbocycles. The van der Waals surface area contributed by atoms with Crippen LogP contribution in [0.4, 0.5) is 35.1 Å². The van der Waals surface area contributed by atoms with E-state index in [0.717, 1.165) is 48.6 Å². The van der Waals surface area contributed by atoms with Crippen LogP contribution in [0.2, 0.25) is 0 Å². The van der Waals surface area contributed by atoms with Crippen LogP contribution in [0.25, 0.3) is 0 Å². The smallest absolute Gasteiger partial charge is 0.381 e. The van der Waals surface area contributed by atoms with Crippen LogP contribution in [0, 0.1) is 46.3 Å². The number of ether oxygens (including phenoxy) is 2. The molecule has 0 N–H and O–H groups in total. The van der Waals surface area contributed by atoms with Crippen molar-refractivity contribution in [1.29, 1.82) is 0 Å². The van der Waals surface area contributed by atoms with Gasteiger partial charge in [0.15, 0.2) is 6.61 Å². The van der Waals surface area contributed by atoms with Gasteiger partial charge in [-0.1, -0.05) is 65.5 Å². The van der Waals surface area contributed by atoms with Crippen LogP contribution in [-0.2, 0) is 4.74 Å². The molecule has 50 heavy (non-hydrogen) atoms. The zero-order valence-corrected chi connectivity index (χ0v) is 29.7. The molecule has 0 amide bonds. The maximum absolute atomic E-state index is 13.9. The lowest BCUT2D eigenvalue weighted by molar-refractivity contribution is -0.342. The van der Waals surface area contributed by atoms with Gasteiger partial charge >= 0.3 is 30.2 Å². The van der Waals surface area contributed by atoms with Gasteiger partial charge < -0.3 is 9.47 Å². The Balaban J connectivity index is 1.16. The number of esters is 1. The van der Waals surface area contributed by atoms with Crippen molar-refractivity contribution in [1.82, 2.24) is 0 Å². The first kappa shape index (κ1) is 38.9. The Morgan fingerprint density at radius 3 is 2.22 bits per heavy atom. The summed E-state index contributed by atoms with van der Waals surface area (Å²) in [5.41, 5.74) is 1.86. The Labute approximate surface area is 290 Å². The van der Waals surface area contributed by atoms with Gasteiger partial charge in [-0.05, 0) is 116 Å². The number of alkyl halides is 8. The van der Waals surface area contributed by atoms with Crippen molar-refractivity contribution in [2.75, 3.05) is 6.61 Å². The van der Waals surface area contributed by atoms with E-state index in [0.29, 0.717) is 30.1 Å². The summed E-state index contributed by atoms with van der Waals surface area (Å²) in [5.74, 6) is -15.0. The molecule has 3 fully saturated rings. The fourth-order valence-corrected chi connectivity index (χ4v) is 10.3. The van der Waals surface area contributed by atoms with Crippen LogP contribution < -0.4 is 4.74 Å². The van der Waals surface area contributed by atoms with Gasteiger partial charge in [0.1, 0.15) is 11.9 Å². The van der Waals surface area contributed by atoms with Crippen LogP contribution in [0.1, 0.15) is 116 Å². The van der Waals surface area contributed by atoms with Crippen LogP contribution in [-0.4, -0.2) is 42.9 Å². The maximum Gasteiger partial charge on any atom is 0.381 e. The van der Waals surface area contributed by atoms with Gasteiger partial charge in [-0.2, -0.15) is 26.3 Å². The molecule has 0 radical (unpaired) electrons. The average molecular weight is 721 g/mol. The lowest BCUT2D eigenvalue weighted by Gasteiger charge is -2.58. The first-order valence-corrected chi connectivity index (χ1v) is 18.3. The highest BCUT2D eigenvalue weighted by molar-refractivity contribution is 5.89. The Bertz CT molecular complexity index is 1380. The number of allylic oxidation sites excluding steroid dienone is 1. The van der Waals surface area contributed by atoms with Gasteiger partial charge in [0, 0.05) is 6.42 Å². The summed E-state index contributed by atoms with van der Waals surface area (Å²) in [4.78, 5) is 13.0. The number of halogens is 8. The summed E-state index contributed by atoms with van der Waals surface area (Å²) in [5, 5.41) is 0. The molecule has 0 aromatic heterocycles. The van der Waals surface area contributed by atoms with Crippen molar-refractivity contribution in [3.8, 4) is 5.75 Å². The number of carbonyl (C=O) groups is 1. The second kappa shape index (κ2) is 14.2. The molecule has 8 atom stereocenters. The van der Waals surface area contributed by atoms with Crippen LogP contribution in [0.3, 0.4) is 0 Å². The van der Waals surface area contributed by atoms with Crippen LogP contribution >= 0.6 is 0 Å². The predicted octanol–water partition coefficient (Wildman–Crippen LogP) is 11.8. The highest BCUT2D eigenvalue weighted by atomic mass is 19.4. The van der Waals surface area contributed by atoms with Gasteiger partial charge in [-0.25, -0.2) is 13.6 Å². The number of benzene rings is 1. The SMILES string of the molecule is CC(C)CCC[C@@H](C)[C@H]1CC[C@H]2[C@@H]3CC=C4C[C@@H](OC(=O)c5ccc(OCC(F)(F)C(F)(F)C(F)(F)C(F)F)cc5)CC[C@]4(C)[C@H]3CC[C@]12C. The highest BCUT2D eigenvalue weighted by Gasteiger charge is 2.75. The molecule has 3 saturated carbocycles. The molecule has 11 heteroatoms. The molecular weight excluding hydrogens is 668 g/mol. The molecule has 3 nitrogen and oxygen atoms in total. The standard InChI is InChI=1S/C39H52F8O3/c1-23(2)7-6-8-24(3)30-15-16-31-29-14-11-26-21-28(17-19-35(26,4)32(29)18-20-36(30,31)5)50-33(48)25-9-12-27(13-10-25)49-22-37(42,43)39(46,47)38(44,45)34(40)41/h9-13,23-24,28-32,34H,6-8,14-22H2,1-5H3/t24-,28+,29+,30-,31+,32+,35+,36-/m1/s1. The minimum Gasteiger partial charge on any atom is -0.487 e. The molecule has 282 valence electrons. The van der Waals surface area contributed by atoms with E-state index >= 15 is 0 Å². The summed E-state index contributed by atoms with van der Waals surface area (Å²) < 4.78 is 116. The van der Waals surface area contributed by atoms with Gasteiger partial charge in [0.25, 0.3) is 0 Å². The third-order valence-electron chi connectivity index (χ3n) is 13.2. The monoisotopic (exact) mass is 720 g/mol. The van der Waals surface area contributed by atoms with Gasteiger partial charge in [-0.15, -0.1) is 0 Å². The second-order valence-corrected chi connectivity index (χ2v) is 16.6. The third-order valence-corrected chi connectivity index (χ3v) is 13.2. The predicted molar refractivity (Wildman–Crippen MR) is 175 cm³/mol. The Hall–Kier alpha value is -2.33. The Kier molecular flexibility index (Phi) is 11.1. The van der Waals surface area contributed by atoms with E-state index in [2.05, 4.69) is 45.4 Å². The zero-order valence-electron chi connectivity index (χ0n) is 29.7. The fraction of sp³-hybridized carbons (Fsp3) is 0.769. The molecule has 0 heterocycles. The van der Waals surface area contributed by atoms with E-state index in [1.165, 1.54) is 62.7 Å². The number of fused-ring (bicyclic) bond motifs is 5. The number of rotatable bonds is 13. The number of hydrogen-bond donors (Lipinski definition) is 0. The number of hydrogen-bond acceptors (Lipinski definition) is 3. The summed E-state index contributed by atoms with van der Waals surface area (Å²) in [7, 11) is 0. The molecule has 5 rings (SSSR count). The maximum atomic E-state index is 13.9. The molecule has 0 bridgehead atoms. The van der Waals surface area contributed by atoms with Crippen molar-refractivity contribution in [3.63, 3.8) is 0 Å². The first-order chi connectivity index (χ1) is 23.2. The average Bonchev–Trinajstić information content (AvgIpc) is 3.41. The zero-order chi connectivity index (χ0) is 36.9. The minimum atomic E-state index is -6.36. The van der Waals surface area contributed by atoms with Gasteiger partial charge in [0.2, 0.25) is 0 Å². The van der Waals surface area contributed by atoms with Gasteiger partial charge in [-0.3, -0.25) is 0 Å². The van der Waals surface area contributed by atoms with E-state index in [-0.39, 0.29) is 17.1 Å². The quantitative estimate of drug-likeness (QED) is 0.116. The largest absolute Gasteiger partial charge is 0.487 e. The Morgan fingerprint density at radius 2 is 1.58 bits per heavy atom. The van der Waals surface area contributed by atoms with Crippen molar-refractivity contribution in [3.05, 3.63) is 41.5 Å². The normalized spacial score (nSPS) is 32.2. The second-order valence-electron chi connectivity index (χ2n) is 16.6. The topological polar surface area (TPSA) is 35.5 Å². The molecule has 4 aliphatic carbocycles. The van der Waals surface area contributed by atoms with E-state index in [1.54, 1.807) is 0 Å². The molecule has 4 aliphatic rings. The summed E-state index contributed by atoms with van der Waals surface area (Å²) in [6.45, 7) is 9.78. The molecular formula is C39H52F8O3. The molecule has 0 aliphatic heterocycles. The Morgan fingerprint density at radius 1 is 0.900 bits per heavy atom. The third kappa shape index (κ3) is 7.05. The fourth-order valence-electron chi connectivity index (χ4n) is 10.3. The van der Waals surface area contributed by atoms with E-state index in [1.807, 2.05) is 0 Å². The minimum absolute atomic E-state index is 0.0606. The van der Waals surface area contributed by atoms with E-state index < -0.39 is 42.5 Å². The van der Waals surface area contributed by atoms with Crippen LogP contribution in [0.5, 0.6) is 5.75 Å². The van der Waals surface area contributed by atoms with Crippen LogP contribution in [0.15, 0.2) is 35.9 Å². The summed E-state index contributed by atoms with van der Waals surface area (Å²) in [6, 6.07) is 4.40. The molecule has 0 spiro atoms. The molecule has 1 aromatic rings. The van der Waals surface area contributed by atoms with Crippen molar-refractivity contribution in [2.45, 2.75) is 136 Å². The van der Waals surface area contributed by atoms with Crippen molar-refractivity contribution < 1.29 is 49.4 Å². The summed E-state index contributed by atoms with van der Waals surface area (Å²) >= 11 is 0. The van der Waals surface area contributed by atoms with E-state index in [9.17, 15) is 39.9 Å². The van der Waals surface area contributed by atoms with Crippen molar-refractivity contribution in [2.24, 2.45) is 46.3 Å². The number of carbonyl (C=O) groups excluding carboxylic acids is 1. The van der Waals surface area contributed by atoms with Crippen molar-refractivity contribution >= 4 is 5.97 Å². The first-order valence-electron chi connectivity index (χ1n) is 18.3. The molecule has 0 unspecified atom stereocenters.